The first-order valence-corrected chi connectivity index (χ1v) is 9.61. The molecule has 3 aromatic heterocycles. The van der Waals surface area contributed by atoms with Gasteiger partial charge in [0.05, 0.1) is 12.2 Å². The Hall–Kier alpha value is -3.20. The quantitative estimate of drug-likeness (QED) is 0.627. The fourth-order valence-corrected chi connectivity index (χ4v) is 3.38. The Morgan fingerprint density at radius 1 is 1.28 bits per heavy atom. The summed E-state index contributed by atoms with van der Waals surface area (Å²) >= 11 is 0. The van der Waals surface area contributed by atoms with Gasteiger partial charge in [0.15, 0.2) is 11.6 Å². The molecule has 1 unspecified atom stereocenters. The third-order valence-electron chi connectivity index (χ3n) is 4.88. The number of aromatic nitrogens is 5. The molecule has 0 bridgehead atoms. The van der Waals surface area contributed by atoms with Crippen LogP contribution < -0.4 is 0 Å². The van der Waals surface area contributed by atoms with Crippen molar-refractivity contribution in [2.75, 3.05) is 20.3 Å². The third kappa shape index (κ3) is 4.29. The van der Waals surface area contributed by atoms with E-state index in [9.17, 15) is 4.79 Å². The van der Waals surface area contributed by atoms with E-state index >= 15 is 0 Å². The second-order valence-electron chi connectivity index (χ2n) is 6.84. The van der Waals surface area contributed by atoms with E-state index < -0.39 is 0 Å². The number of amides is 1. The van der Waals surface area contributed by atoms with E-state index in [0.717, 1.165) is 24.8 Å². The number of likely N-dealkylation sites (tertiary alicyclic amines) is 1. The van der Waals surface area contributed by atoms with Crippen molar-refractivity contribution in [3.8, 4) is 11.4 Å². The van der Waals surface area contributed by atoms with E-state index in [1.165, 1.54) is 0 Å². The summed E-state index contributed by atoms with van der Waals surface area (Å²) in [5, 5.41) is 4.01. The minimum absolute atomic E-state index is 0.135. The highest BCUT2D eigenvalue weighted by Gasteiger charge is 2.33. The fraction of sp³-hybridized carbons (Fsp3) is 0.400. The molecule has 29 heavy (non-hydrogen) atoms. The van der Waals surface area contributed by atoms with E-state index in [4.69, 9.17) is 9.26 Å². The zero-order valence-electron chi connectivity index (χ0n) is 16.2. The summed E-state index contributed by atoms with van der Waals surface area (Å²) in [6.07, 6.45) is 9.78. The molecule has 4 heterocycles. The van der Waals surface area contributed by atoms with Crippen LogP contribution in [0.25, 0.3) is 11.4 Å². The second kappa shape index (κ2) is 8.87. The van der Waals surface area contributed by atoms with Crippen molar-refractivity contribution >= 4 is 5.91 Å². The molecular formula is C20H22N6O3. The van der Waals surface area contributed by atoms with Crippen molar-refractivity contribution in [3.05, 3.63) is 54.2 Å². The Bertz CT molecular complexity index is 944. The monoisotopic (exact) mass is 394 g/mol. The van der Waals surface area contributed by atoms with Crippen LogP contribution in [0.4, 0.5) is 0 Å². The standard InChI is InChI=1S/C20H22N6O3/c1-28-10-7-17-24-19(29-25-17)16-6-2-3-9-26(16)20(27)15-12-22-18(23-13-15)14-5-4-8-21-11-14/h4-5,8,11-13,16H,2-3,6-7,9-10H2,1H3. The number of rotatable bonds is 6. The average molecular weight is 394 g/mol. The van der Waals surface area contributed by atoms with Crippen molar-refractivity contribution in [3.63, 3.8) is 0 Å². The van der Waals surface area contributed by atoms with Gasteiger partial charge in [-0.15, -0.1) is 0 Å². The Kier molecular flexibility index (Phi) is 5.85. The normalized spacial score (nSPS) is 16.7. The maximum absolute atomic E-state index is 13.1. The Balaban J connectivity index is 1.52. The zero-order valence-corrected chi connectivity index (χ0v) is 16.2. The van der Waals surface area contributed by atoms with Crippen LogP contribution in [0.5, 0.6) is 0 Å². The number of hydrogen-bond donors (Lipinski definition) is 0. The Morgan fingerprint density at radius 3 is 2.90 bits per heavy atom. The predicted octanol–water partition coefficient (Wildman–Crippen LogP) is 2.48. The van der Waals surface area contributed by atoms with Gasteiger partial charge in [0, 0.05) is 50.4 Å². The topological polar surface area (TPSA) is 107 Å². The first kappa shape index (κ1) is 19.1. The summed E-state index contributed by atoms with van der Waals surface area (Å²) < 4.78 is 10.5. The van der Waals surface area contributed by atoms with Gasteiger partial charge in [0.2, 0.25) is 5.89 Å². The molecule has 9 heteroatoms. The number of ether oxygens (including phenoxy) is 1. The number of pyridine rings is 1. The van der Waals surface area contributed by atoms with Crippen LogP contribution in [0.1, 0.15) is 47.4 Å². The molecule has 0 N–H and O–H groups in total. The number of hydrogen-bond acceptors (Lipinski definition) is 8. The SMILES string of the molecule is COCCc1noc(C2CCCCN2C(=O)c2cnc(-c3cccnc3)nc2)n1. The number of carbonyl (C=O) groups is 1. The maximum Gasteiger partial charge on any atom is 0.257 e. The van der Waals surface area contributed by atoms with Gasteiger partial charge in [-0.2, -0.15) is 4.98 Å². The van der Waals surface area contributed by atoms with Crippen LogP contribution in [0.3, 0.4) is 0 Å². The molecule has 0 spiro atoms. The molecular weight excluding hydrogens is 372 g/mol. The number of methoxy groups -OCH3 is 1. The lowest BCUT2D eigenvalue weighted by atomic mass is 10.0. The van der Waals surface area contributed by atoms with Gasteiger partial charge in [-0.05, 0) is 31.4 Å². The average Bonchev–Trinajstić information content (AvgIpc) is 3.27. The minimum atomic E-state index is -0.238. The minimum Gasteiger partial charge on any atom is -0.384 e. The lowest BCUT2D eigenvalue weighted by molar-refractivity contribution is 0.0560. The molecule has 0 aromatic carbocycles. The Morgan fingerprint density at radius 2 is 2.14 bits per heavy atom. The molecule has 4 rings (SSSR count). The third-order valence-corrected chi connectivity index (χ3v) is 4.88. The largest absolute Gasteiger partial charge is 0.384 e. The molecule has 1 atom stereocenters. The van der Waals surface area contributed by atoms with Gasteiger partial charge < -0.3 is 14.2 Å². The zero-order chi connectivity index (χ0) is 20.1. The summed E-state index contributed by atoms with van der Waals surface area (Å²) in [7, 11) is 1.63. The van der Waals surface area contributed by atoms with Crippen LogP contribution in [0, 0.1) is 0 Å². The molecule has 9 nitrogen and oxygen atoms in total. The van der Waals surface area contributed by atoms with Gasteiger partial charge in [0.25, 0.3) is 5.91 Å². The van der Waals surface area contributed by atoms with Crippen LogP contribution >= 0.6 is 0 Å². The van der Waals surface area contributed by atoms with E-state index in [-0.39, 0.29) is 11.9 Å². The predicted molar refractivity (Wildman–Crippen MR) is 103 cm³/mol. The van der Waals surface area contributed by atoms with Crippen LogP contribution in [-0.2, 0) is 11.2 Å². The molecule has 1 fully saturated rings. The lowest BCUT2D eigenvalue weighted by Crippen LogP contribution is -2.38. The molecule has 1 aliphatic rings. The highest BCUT2D eigenvalue weighted by molar-refractivity contribution is 5.94. The molecule has 0 aliphatic carbocycles. The highest BCUT2D eigenvalue weighted by atomic mass is 16.5. The molecule has 1 saturated heterocycles. The van der Waals surface area contributed by atoms with E-state index in [1.54, 1.807) is 36.8 Å². The van der Waals surface area contributed by atoms with E-state index in [2.05, 4.69) is 25.1 Å². The Labute approximate surface area is 168 Å². The summed E-state index contributed by atoms with van der Waals surface area (Å²) in [4.78, 5) is 32.1. The van der Waals surface area contributed by atoms with E-state index in [0.29, 0.717) is 42.7 Å². The molecule has 0 radical (unpaired) electrons. The molecule has 0 saturated carbocycles. The fourth-order valence-electron chi connectivity index (χ4n) is 3.38. The van der Waals surface area contributed by atoms with Gasteiger partial charge >= 0.3 is 0 Å². The van der Waals surface area contributed by atoms with Gasteiger partial charge in [-0.25, -0.2) is 9.97 Å². The molecule has 3 aromatic rings. The number of piperidine rings is 1. The summed E-state index contributed by atoms with van der Waals surface area (Å²) in [5.74, 6) is 1.45. The van der Waals surface area contributed by atoms with Crippen molar-refractivity contribution in [1.29, 1.82) is 0 Å². The van der Waals surface area contributed by atoms with Crippen LogP contribution in [-0.4, -0.2) is 56.2 Å². The smallest absolute Gasteiger partial charge is 0.257 e. The number of nitrogens with zero attached hydrogens (tertiary/aromatic N) is 6. The lowest BCUT2D eigenvalue weighted by Gasteiger charge is -2.33. The summed E-state index contributed by atoms with van der Waals surface area (Å²) in [6.45, 7) is 1.15. The van der Waals surface area contributed by atoms with Crippen molar-refractivity contribution < 1.29 is 14.1 Å². The van der Waals surface area contributed by atoms with Gasteiger partial charge in [0.1, 0.15) is 6.04 Å². The number of carbonyl (C=O) groups excluding carboxylic acids is 1. The van der Waals surface area contributed by atoms with Crippen molar-refractivity contribution in [2.24, 2.45) is 0 Å². The molecule has 1 aliphatic heterocycles. The highest BCUT2D eigenvalue weighted by Crippen LogP contribution is 2.31. The van der Waals surface area contributed by atoms with Gasteiger partial charge in [-0.1, -0.05) is 5.16 Å². The second-order valence-corrected chi connectivity index (χ2v) is 6.84. The maximum atomic E-state index is 13.1. The molecule has 1 amide bonds. The van der Waals surface area contributed by atoms with Crippen LogP contribution in [0.15, 0.2) is 41.4 Å². The molecule has 150 valence electrons. The first-order valence-electron chi connectivity index (χ1n) is 9.61. The summed E-state index contributed by atoms with van der Waals surface area (Å²) in [5.41, 5.74) is 1.24. The van der Waals surface area contributed by atoms with Gasteiger partial charge in [-0.3, -0.25) is 9.78 Å². The van der Waals surface area contributed by atoms with Crippen LogP contribution in [0.2, 0.25) is 0 Å². The summed E-state index contributed by atoms with van der Waals surface area (Å²) in [6, 6.07) is 3.46. The van der Waals surface area contributed by atoms with Crippen molar-refractivity contribution in [2.45, 2.75) is 31.7 Å². The first-order chi connectivity index (χ1) is 14.3. The van der Waals surface area contributed by atoms with Crippen molar-refractivity contribution in [1.82, 2.24) is 30.0 Å². The van der Waals surface area contributed by atoms with E-state index in [1.807, 2.05) is 12.1 Å².